The fourth-order valence-electron chi connectivity index (χ4n) is 5.24. The molecule has 0 fully saturated rings. The Bertz CT molecular complexity index is 1550. The van der Waals surface area contributed by atoms with E-state index in [0.717, 1.165) is 52.7 Å². The Kier molecular flexibility index (Phi) is 9.34. The highest BCUT2D eigenvalue weighted by Crippen LogP contribution is 2.38. The van der Waals surface area contributed by atoms with Gasteiger partial charge in [0.2, 0.25) is 11.8 Å². The van der Waals surface area contributed by atoms with Gasteiger partial charge in [-0.2, -0.15) is 0 Å². The van der Waals surface area contributed by atoms with E-state index < -0.39 is 0 Å². The Morgan fingerprint density at radius 3 is 2.81 bits per heavy atom. The number of anilines is 2. The molecule has 1 aliphatic heterocycles. The summed E-state index contributed by atoms with van der Waals surface area (Å²) < 4.78 is 10.1. The van der Waals surface area contributed by atoms with Gasteiger partial charge in [-0.15, -0.1) is 0 Å². The molecule has 2 aromatic carbocycles. The first-order valence-corrected chi connectivity index (χ1v) is 15.1. The maximum atomic E-state index is 13.4. The number of pyridine rings is 1. The maximum absolute atomic E-state index is 13.4. The number of nitrogen functional groups attached to an aromatic ring is 1. The van der Waals surface area contributed by atoms with Crippen molar-refractivity contribution in [3.63, 3.8) is 0 Å². The van der Waals surface area contributed by atoms with Gasteiger partial charge in [0.25, 0.3) is 0 Å². The van der Waals surface area contributed by atoms with Gasteiger partial charge >= 0.3 is 0 Å². The van der Waals surface area contributed by atoms with Crippen LogP contribution in [0.5, 0.6) is 5.88 Å². The molecule has 1 unspecified atom stereocenters. The van der Waals surface area contributed by atoms with E-state index in [0.29, 0.717) is 31.1 Å². The lowest BCUT2D eigenvalue weighted by Crippen LogP contribution is -2.26. The van der Waals surface area contributed by atoms with Crippen LogP contribution in [0.4, 0.5) is 11.4 Å². The Balaban J connectivity index is 1.44. The van der Waals surface area contributed by atoms with Crippen LogP contribution in [0, 0.1) is 13.8 Å². The van der Waals surface area contributed by atoms with Gasteiger partial charge in [-0.05, 0) is 78.7 Å². The van der Waals surface area contributed by atoms with Crippen LogP contribution in [-0.2, 0) is 24.9 Å². The minimum Gasteiger partial charge on any atom is -0.475 e. The molecule has 0 saturated heterocycles. The third-order valence-corrected chi connectivity index (χ3v) is 8.80. The molecule has 1 aliphatic rings. The third-order valence-electron chi connectivity index (χ3n) is 7.72. The lowest BCUT2D eigenvalue weighted by molar-refractivity contribution is -0.121. The Morgan fingerprint density at radius 1 is 1.17 bits per heavy atom. The van der Waals surface area contributed by atoms with Gasteiger partial charge in [0, 0.05) is 57.6 Å². The number of rotatable bonds is 10. The number of aromatic nitrogens is 3. The minimum absolute atomic E-state index is 0.0387. The van der Waals surface area contributed by atoms with Crippen molar-refractivity contribution in [3.05, 3.63) is 94.7 Å². The molecule has 220 valence electrons. The highest BCUT2D eigenvalue weighted by Gasteiger charge is 2.24. The number of ether oxygens (including phenoxy) is 1. The van der Waals surface area contributed by atoms with Crippen LogP contribution in [0.15, 0.2) is 66.0 Å². The number of hydrogen-bond donors (Lipinski definition) is 3. The van der Waals surface area contributed by atoms with Gasteiger partial charge in [-0.1, -0.05) is 24.3 Å². The molecular formula is C32H39N7O2S. The number of amides is 1. The molecule has 1 amide bonds. The third kappa shape index (κ3) is 6.71. The van der Waals surface area contributed by atoms with Crippen LogP contribution in [0.1, 0.15) is 52.9 Å². The smallest absolute Gasteiger partial charge is 0.228 e. The molecule has 4 aromatic rings. The first-order chi connectivity index (χ1) is 20.3. The molecule has 0 spiro atoms. The zero-order valence-electron chi connectivity index (χ0n) is 24.7. The summed E-state index contributed by atoms with van der Waals surface area (Å²) in [5.74, 6) is 1.28. The molecular weight excluding hydrogens is 546 g/mol. The summed E-state index contributed by atoms with van der Waals surface area (Å²) in [5.41, 5.74) is 13.7. The van der Waals surface area contributed by atoms with Crippen molar-refractivity contribution >= 4 is 29.2 Å². The van der Waals surface area contributed by atoms with Gasteiger partial charge in [-0.25, -0.2) is 14.3 Å². The lowest BCUT2D eigenvalue weighted by Gasteiger charge is -2.24. The fourth-order valence-corrected chi connectivity index (χ4v) is 6.22. The molecule has 9 nitrogen and oxygen atoms in total. The predicted molar refractivity (Wildman–Crippen MR) is 168 cm³/mol. The standard InChI is InChI=1S/C32H39N7O2S/c1-5-34-27-11-10-25(22(3)31(27)33)26(18-30(40)37-19-29-35-13-14-38(29)4)23-9-8-21(2)24(17-23)20-39-15-16-41-32-28(42-39)7-6-12-36-32/h6-14,17,26,34H,5,15-16,18-20,33H2,1-4H3,(H,37,40). The Morgan fingerprint density at radius 2 is 2.02 bits per heavy atom. The maximum Gasteiger partial charge on any atom is 0.228 e. The number of benzene rings is 2. The zero-order chi connectivity index (χ0) is 29.6. The fraction of sp³-hybridized carbons (Fsp3) is 0.344. The van der Waals surface area contributed by atoms with Gasteiger partial charge in [-0.3, -0.25) is 4.79 Å². The molecule has 42 heavy (non-hydrogen) atoms. The van der Waals surface area contributed by atoms with E-state index in [1.165, 1.54) is 11.1 Å². The zero-order valence-corrected chi connectivity index (χ0v) is 25.5. The molecule has 0 aliphatic carbocycles. The van der Waals surface area contributed by atoms with Crippen LogP contribution in [-0.4, -0.2) is 44.4 Å². The second kappa shape index (κ2) is 13.3. The number of imidazole rings is 1. The molecule has 1 atom stereocenters. The van der Waals surface area contributed by atoms with Crippen molar-refractivity contribution in [2.75, 3.05) is 30.7 Å². The van der Waals surface area contributed by atoms with Crippen molar-refractivity contribution in [2.24, 2.45) is 7.05 Å². The average Bonchev–Trinajstić information content (AvgIpc) is 3.28. The molecule has 5 rings (SSSR count). The molecule has 0 saturated carbocycles. The summed E-state index contributed by atoms with van der Waals surface area (Å²) in [6.07, 6.45) is 5.66. The minimum atomic E-state index is -0.172. The molecule has 0 bridgehead atoms. The lowest BCUT2D eigenvalue weighted by atomic mass is 9.83. The van der Waals surface area contributed by atoms with E-state index in [1.807, 2.05) is 42.9 Å². The van der Waals surface area contributed by atoms with E-state index in [4.69, 9.17) is 10.5 Å². The summed E-state index contributed by atoms with van der Waals surface area (Å²) >= 11 is 1.67. The highest BCUT2D eigenvalue weighted by atomic mass is 32.2. The number of carbonyl (C=O) groups excluding carboxylic acids is 1. The largest absolute Gasteiger partial charge is 0.475 e. The number of nitrogens with one attached hydrogen (secondary N) is 2. The predicted octanol–water partition coefficient (Wildman–Crippen LogP) is 5.19. The van der Waals surface area contributed by atoms with Gasteiger partial charge in [0.15, 0.2) is 0 Å². The second-order valence-electron chi connectivity index (χ2n) is 10.6. The summed E-state index contributed by atoms with van der Waals surface area (Å²) in [6.45, 7) is 9.46. The van der Waals surface area contributed by atoms with E-state index in [9.17, 15) is 4.79 Å². The van der Waals surface area contributed by atoms with Crippen molar-refractivity contribution < 1.29 is 9.53 Å². The van der Waals surface area contributed by atoms with Crippen molar-refractivity contribution in [1.29, 1.82) is 0 Å². The number of hydrogen-bond acceptors (Lipinski definition) is 8. The van der Waals surface area contributed by atoms with Gasteiger partial charge < -0.3 is 25.7 Å². The van der Waals surface area contributed by atoms with E-state index in [1.54, 1.807) is 24.3 Å². The average molecular weight is 586 g/mol. The van der Waals surface area contributed by atoms with Gasteiger partial charge in [0.1, 0.15) is 12.4 Å². The van der Waals surface area contributed by atoms with Crippen LogP contribution in [0.2, 0.25) is 0 Å². The number of fused-ring (bicyclic) bond motifs is 1. The van der Waals surface area contributed by atoms with E-state index in [2.05, 4.69) is 63.0 Å². The summed E-state index contributed by atoms with van der Waals surface area (Å²) in [5, 5.41) is 6.42. The van der Waals surface area contributed by atoms with E-state index in [-0.39, 0.29) is 11.8 Å². The van der Waals surface area contributed by atoms with Crippen LogP contribution >= 0.6 is 11.9 Å². The highest BCUT2D eigenvalue weighted by molar-refractivity contribution is 7.97. The summed E-state index contributed by atoms with van der Waals surface area (Å²) in [6, 6.07) is 14.6. The number of carbonyl (C=O) groups is 1. The first kappa shape index (κ1) is 29.5. The quantitative estimate of drug-likeness (QED) is 0.172. The summed E-state index contributed by atoms with van der Waals surface area (Å²) in [4.78, 5) is 23.1. The monoisotopic (exact) mass is 585 g/mol. The number of aryl methyl sites for hydroxylation is 2. The number of nitrogens with two attached hydrogens (primary N) is 1. The molecule has 0 radical (unpaired) electrons. The normalized spacial score (nSPS) is 14.0. The SMILES string of the molecule is CCNc1ccc(C(CC(=O)NCc2nccn2C)c2ccc(C)c(CN3CCOc4ncccc4S3)c2)c(C)c1N. The van der Waals surface area contributed by atoms with Crippen molar-refractivity contribution in [2.45, 2.75) is 51.1 Å². The van der Waals surface area contributed by atoms with Crippen molar-refractivity contribution in [1.82, 2.24) is 24.2 Å². The summed E-state index contributed by atoms with van der Waals surface area (Å²) in [7, 11) is 1.92. The molecule has 3 heterocycles. The van der Waals surface area contributed by atoms with Crippen LogP contribution < -0.4 is 21.1 Å². The van der Waals surface area contributed by atoms with E-state index >= 15 is 0 Å². The first-order valence-electron chi connectivity index (χ1n) is 14.3. The topological polar surface area (TPSA) is 110 Å². The number of nitrogens with zero attached hydrogens (tertiary/aromatic N) is 4. The molecule has 4 N–H and O–H groups in total. The Labute approximate surface area is 252 Å². The van der Waals surface area contributed by atoms with Gasteiger partial charge in [0.05, 0.1) is 22.8 Å². The van der Waals surface area contributed by atoms with Crippen LogP contribution in [0.25, 0.3) is 0 Å². The Hall–Kier alpha value is -4.02. The molecule has 10 heteroatoms. The second-order valence-corrected chi connectivity index (χ2v) is 11.7. The van der Waals surface area contributed by atoms with Crippen LogP contribution in [0.3, 0.4) is 0 Å². The van der Waals surface area contributed by atoms with Crippen molar-refractivity contribution in [3.8, 4) is 5.88 Å². The molecule has 2 aromatic heterocycles.